The van der Waals surface area contributed by atoms with Gasteiger partial charge < -0.3 is 15.2 Å². The van der Waals surface area contributed by atoms with Gasteiger partial charge in [-0.15, -0.1) is 0 Å². The zero-order chi connectivity index (χ0) is 24.8. The van der Waals surface area contributed by atoms with Gasteiger partial charge in [-0.3, -0.25) is 9.82 Å². The lowest BCUT2D eigenvalue weighted by Crippen LogP contribution is -2.26. The van der Waals surface area contributed by atoms with Gasteiger partial charge in [-0.05, 0) is 60.9 Å². The van der Waals surface area contributed by atoms with E-state index in [4.69, 9.17) is 4.74 Å². The van der Waals surface area contributed by atoms with E-state index in [1.165, 1.54) is 0 Å². The van der Waals surface area contributed by atoms with Crippen molar-refractivity contribution in [3.63, 3.8) is 0 Å². The number of rotatable bonds is 11. The average Bonchev–Trinajstić information content (AvgIpc) is 3.26. The molecule has 0 aliphatic carbocycles. The maximum atomic E-state index is 12.7. The van der Waals surface area contributed by atoms with E-state index < -0.39 is 16.1 Å². The first-order valence-corrected chi connectivity index (χ1v) is 13.0. The van der Waals surface area contributed by atoms with E-state index >= 15 is 0 Å². The molecule has 35 heavy (non-hydrogen) atoms. The lowest BCUT2D eigenvalue weighted by molar-refractivity contribution is 0.172. The fourth-order valence-corrected chi connectivity index (χ4v) is 4.97. The van der Waals surface area contributed by atoms with E-state index in [0.717, 1.165) is 34.3 Å². The van der Waals surface area contributed by atoms with Crippen LogP contribution in [-0.4, -0.2) is 43.4 Å². The van der Waals surface area contributed by atoms with Gasteiger partial charge in [0.25, 0.3) is 10.0 Å². The Morgan fingerprint density at radius 3 is 2.71 bits per heavy atom. The van der Waals surface area contributed by atoms with Crippen LogP contribution in [0.25, 0.3) is 10.9 Å². The highest BCUT2D eigenvalue weighted by Gasteiger charge is 2.15. The maximum absolute atomic E-state index is 12.7. The van der Waals surface area contributed by atoms with Crippen molar-refractivity contribution < 1.29 is 18.3 Å². The summed E-state index contributed by atoms with van der Waals surface area (Å²) in [5.41, 5.74) is 3.85. The van der Waals surface area contributed by atoms with Crippen molar-refractivity contribution in [3.05, 3.63) is 83.6 Å². The van der Waals surface area contributed by atoms with Gasteiger partial charge in [0, 0.05) is 30.2 Å². The molecule has 0 saturated carbocycles. The van der Waals surface area contributed by atoms with Gasteiger partial charge in [0.1, 0.15) is 12.4 Å². The molecule has 1 atom stereocenters. The summed E-state index contributed by atoms with van der Waals surface area (Å²) in [7, 11) is -3.71. The number of aliphatic hydroxyl groups is 1. The van der Waals surface area contributed by atoms with E-state index in [0.29, 0.717) is 30.9 Å². The number of benzene rings is 3. The van der Waals surface area contributed by atoms with Crippen LogP contribution < -0.4 is 14.8 Å². The number of aromatic amines is 1. The third kappa shape index (κ3) is 6.19. The average molecular weight is 495 g/mol. The Hall–Kier alpha value is -3.40. The molecule has 0 aliphatic heterocycles. The van der Waals surface area contributed by atoms with E-state index in [-0.39, 0.29) is 4.90 Å². The molecule has 1 unspecified atom stereocenters. The number of nitrogens with zero attached hydrogens (tertiary/aromatic N) is 1. The molecule has 8 nitrogen and oxygen atoms in total. The van der Waals surface area contributed by atoms with Crippen LogP contribution >= 0.6 is 0 Å². The topological polar surface area (TPSA) is 116 Å². The molecule has 0 saturated heterocycles. The van der Waals surface area contributed by atoms with Crippen LogP contribution in [0.5, 0.6) is 5.75 Å². The molecule has 0 aliphatic rings. The Bertz CT molecular complexity index is 1400. The van der Waals surface area contributed by atoms with Gasteiger partial charge in [-0.1, -0.05) is 31.2 Å². The lowest BCUT2D eigenvalue weighted by Gasteiger charge is -2.15. The fraction of sp³-hybridized carbons (Fsp3) is 0.269. The second-order valence-electron chi connectivity index (χ2n) is 8.35. The van der Waals surface area contributed by atoms with Gasteiger partial charge in [-0.2, -0.15) is 5.10 Å². The molecule has 0 bridgehead atoms. The molecule has 0 amide bonds. The predicted octanol–water partition coefficient (Wildman–Crippen LogP) is 3.94. The third-order valence-corrected chi connectivity index (χ3v) is 7.04. The molecule has 4 aromatic rings. The predicted molar refractivity (Wildman–Crippen MR) is 137 cm³/mol. The van der Waals surface area contributed by atoms with Gasteiger partial charge in [-0.25, -0.2) is 8.42 Å². The Labute approximate surface area is 205 Å². The number of fused-ring (bicyclic) bond motifs is 1. The largest absolute Gasteiger partial charge is 0.492 e. The van der Waals surface area contributed by atoms with Gasteiger partial charge in [0.2, 0.25) is 0 Å². The number of aryl methyl sites for hydroxylation is 2. The number of hydrogen-bond acceptors (Lipinski definition) is 6. The van der Waals surface area contributed by atoms with Crippen LogP contribution in [0.4, 0.5) is 5.69 Å². The molecule has 1 heterocycles. The van der Waals surface area contributed by atoms with Gasteiger partial charge in [0.05, 0.1) is 22.2 Å². The maximum Gasteiger partial charge on any atom is 0.261 e. The monoisotopic (exact) mass is 494 g/mol. The number of sulfonamides is 1. The minimum Gasteiger partial charge on any atom is -0.492 e. The Morgan fingerprint density at radius 2 is 1.91 bits per heavy atom. The third-order valence-electron chi connectivity index (χ3n) is 5.66. The molecular weight excluding hydrogens is 464 g/mol. The number of nitrogens with one attached hydrogen (secondary N) is 3. The summed E-state index contributed by atoms with van der Waals surface area (Å²) in [5, 5.41) is 22.2. The van der Waals surface area contributed by atoms with E-state index in [9.17, 15) is 13.5 Å². The summed E-state index contributed by atoms with van der Waals surface area (Å²) >= 11 is 0. The highest BCUT2D eigenvalue weighted by Crippen LogP contribution is 2.23. The molecule has 4 N–H and O–H groups in total. The van der Waals surface area contributed by atoms with Crippen LogP contribution in [0, 0.1) is 6.92 Å². The molecule has 1 aromatic heterocycles. The van der Waals surface area contributed by atoms with Crippen LogP contribution in [-0.2, 0) is 16.4 Å². The lowest BCUT2D eigenvalue weighted by atomic mass is 10.1. The van der Waals surface area contributed by atoms with Crippen molar-refractivity contribution in [1.29, 1.82) is 0 Å². The van der Waals surface area contributed by atoms with E-state index in [1.54, 1.807) is 42.5 Å². The standard InChI is InChI=1S/C26H30N4O4S/c1-3-24-23-11-10-21(16-25(23)29-28-24)34-13-12-27-17-26(31)19-7-5-8-20(15-19)30-35(32,33)22-9-4-6-18(2)14-22/h4-11,14-16,26-27,30-31H,3,12-13,17H2,1-2H3,(H,28,29). The molecule has 184 valence electrons. The molecule has 0 spiro atoms. The summed E-state index contributed by atoms with van der Waals surface area (Å²) in [4.78, 5) is 0.197. The highest BCUT2D eigenvalue weighted by atomic mass is 32.2. The smallest absolute Gasteiger partial charge is 0.261 e. The zero-order valence-electron chi connectivity index (χ0n) is 19.8. The summed E-state index contributed by atoms with van der Waals surface area (Å²) in [6, 6.07) is 19.3. The van der Waals surface area contributed by atoms with Crippen molar-refractivity contribution in [3.8, 4) is 5.75 Å². The first-order valence-electron chi connectivity index (χ1n) is 11.5. The highest BCUT2D eigenvalue weighted by molar-refractivity contribution is 7.92. The summed E-state index contributed by atoms with van der Waals surface area (Å²) in [6.07, 6.45) is 0.0701. The van der Waals surface area contributed by atoms with Crippen LogP contribution in [0.1, 0.15) is 29.8 Å². The van der Waals surface area contributed by atoms with Crippen molar-refractivity contribution in [1.82, 2.24) is 15.5 Å². The number of aromatic nitrogens is 2. The van der Waals surface area contributed by atoms with Crippen LogP contribution in [0.2, 0.25) is 0 Å². The Balaban J connectivity index is 1.27. The molecule has 0 radical (unpaired) electrons. The van der Waals surface area contributed by atoms with Crippen LogP contribution in [0.15, 0.2) is 71.6 Å². The SMILES string of the molecule is CCc1n[nH]c2cc(OCCNCC(O)c3cccc(NS(=O)(=O)c4cccc(C)c4)c3)ccc12. The second kappa shape index (κ2) is 10.9. The van der Waals surface area contributed by atoms with E-state index in [2.05, 4.69) is 27.2 Å². The first-order chi connectivity index (χ1) is 16.9. The molecule has 0 fully saturated rings. The van der Waals surface area contributed by atoms with Gasteiger partial charge >= 0.3 is 0 Å². The van der Waals surface area contributed by atoms with Crippen molar-refractivity contribution in [2.75, 3.05) is 24.4 Å². The number of ether oxygens (including phenoxy) is 1. The van der Waals surface area contributed by atoms with Crippen molar-refractivity contribution in [2.45, 2.75) is 31.3 Å². The summed E-state index contributed by atoms with van der Waals surface area (Å²) in [5.74, 6) is 0.750. The molecule has 3 aromatic carbocycles. The Morgan fingerprint density at radius 1 is 1.09 bits per heavy atom. The number of aliphatic hydroxyl groups excluding tert-OH is 1. The summed E-state index contributed by atoms with van der Waals surface area (Å²) in [6.45, 7) is 5.19. The molecule has 9 heteroatoms. The quantitative estimate of drug-likeness (QED) is 0.235. The van der Waals surface area contributed by atoms with E-state index in [1.807, 2.05) is 31.2 Å². The molecular formula is C26H30N4O4S. The fourth-order valence-electron chi connectivity index (χ4n) is 3.82. The first kappa shape index (κ1) is 24.7. The second-order valence-corrected chi connectivity index (χ2v) is 10.0. The number of H-pyrrole nitrogens is 1. The number of hydrogen-bond donors (Lipinski definition) is 4. The van der Waals surface area contributed by atoms with Crippen molar-refractivity contribution in [2.24, 2.45) is 0 Å². The van der Waals surface area contributed by atoms with Crippen LogP contribution in [0.3, 0.4) is 0 Å². The minimum atomic E-state index is -3.71. The van der Waals surface area contributed by atoms with Gasteiger partial charge in [0.15, 0.2) is 0 Å². The molecule has 4 rings (SSSR count). The summed E-state index contributed by atoms with van der Waals surface area (Å²) < 4.78 is 33.7. The minimum absolute atomic E-state index is 0.197. The number of anilines is 1. The van der Waals surface area contributed by atoms with Crippen molar-refractivity contribution >= 4 is 26.6 Å². The zero-order valence-corrected chi connectivity index (χ0v) is 20.6. The normalized spacial score (nSPS) is 12.5. The Kier molecular flexibility index (Phi) is 7.70.